The molecule has 12 heavy (non-hydrogen) atoms. The maximum atomic E-state index is 8.44. The number of hydrogen-bond donors (Lipinski definition) is 2. The first-order valence-electron chi connectivity index (χ1n) is 2.83. The van der Waals surface area contributed by atoms with Crippen molar-refractivity contribution in [2.45, 2.75) is 0 Å². The molecule has 1 aromatic rings. The molecule has 0 aliphatic carbocycles. The molecule has 0 atom stereocenters. The Hall–Kier alpha value is -0.0736. The van der Waals surface area contributed by atoms with Crippen LogP contribution in [0.3, 0.4) is 0 Å². The molecule has 0 radical (unpaired) electrons. The van der Waals surface area contributed by atoms with Gasteiger partial charge in [0.1, 0.15) is 0 Å². The van der Waals surface area contributed by atoms with Crippen molar-refractivity contribution in [3.8, 4) is 0 Å². The van der Waals surface area contributed by atoms with E-state index in [1.807, 2.05) is 30.3 Å². The van der Waals surface area contributed by atoms with Crippen LogP contribution >= 0.6 is 0 Å². The Morgan fingerprint density at radius 2 is 1.67 bits per heavy atom. The van der Waals surface area contributed by atoms with Gasteiger partial charge in [0.05, 0.1) is 0 Å². The van der Waals surface area contributed by atoms with E-state index in [1.165, 1.54) is 0 Å². The van der Waals surface area contributed by atoms with Gasteiger partial charge in [0.25, 0.3) is 0 Å². The van der Waals surface area contributed by atoms with Crippen LogP contribution in [0.4, 0.5) is 10.5 Å². The van der Waals surface area contributed by atoms with Gasteiger partial charge in [-0.2, -0.15) is 0 Å². The summed E-state index contributed by atoms with van der Waals surface area (Å²) in [7, 11) is 0. The number of para-hydroxylation sites is 1. The minimum absolute atomic E-state index is 0. The van der Waals surface area contributed by atoms with Gasteiger partial charge in [-0.05, 0) is 12.1 Å². The van der Waals surface area contributed by atoms with Crippen LogP contribution in [0.1, 0.15) is 0 Å². The van der Waals surface area contributed by atoms with Crippen LogP contribution in [0.25, 0.3) is 0 Å². The van der Waals surface area contributed by atoms with Crippen LogP contribution in [0.15, 0.2) is 30.3 Å². The van der Waals surface area contributed by atoms with Gasteiger partial charge in [-0.15, -0.1) is 0 Å². The standard InChI is InChI=1S/C6H7N.CH2O3.K/c7-6-4-2-1-3-5-6;2-1(3)4;/h1-5H,7H2;(H2,2,3,4);/q;;+1/p-1. The zero-order valence-electron chi connectivity index (χ0n) is 6.73. The Morgan fingerprint density at radius 3 is 1.83 bits per heavy atom. The minimum atomic E-state index is -2.08. The Labute approximate surface area is 113 Å². The summed E-state index contributed by atoms with van der Waals surface area (Å²) < 4.78 is 0. The number of hydrogen-bond acceptors (Lipinski definition) is 3. The normalized spacial score (nSPS) is 7.00. The van der Waals surface area contributed by atoms with Crippen molar-refractivity contribution in [2.24, 2.45) is 0 Å². The largest absolute Gasteiger partial charge is 1.00 e. The quantitative estimate of drug-likeness (QED) is 0.343. The summed E-state index contributed by atoms with van der Waals surface area (Å²) in [6, 6.07) is 9.49. The summed E-state index contributed by atoms with van der Waals surface area (Å²) >= 11 is 0. The number of nitrogen functional groups attached to an aromatic ring is 1. The average Bonchev–Trinajstić information content (AvgIpc) is 1.87. The van der Waals surface area contributed by atoms with Gasteiger partial charge in [-0.1, -0.05) is 18.2 Å². The number of benzene rings is 1. The van der Waals surface area contributed by atoms with Crippen molar-refractivity contribution in [3.63, 3.8) is 0 Å². The van der Waals surface area contributed by atoms with Crippen LogP contribution in [-0.4, -0.2) is 11.3 Å². The van der Waals surface area contributed by atoms with E-state index < -0.39 is 6.16 Å². The number of rotatable bonds is 0. The maximum absolute atomic E-state index is 8.44. The molecule has 60 valence electrons. The summed E-state index contributed by atoms with van der Waals surface area (Å²) in [6.07, 6.45) is -2.08. The van der Waals surface area contributed by atoms with Crippen molar-refractivity contribution in [3.05, 3.63) is 30.3 Å². The van der Waals surface area contributed by atoms with E-state index in [0.717, 1.165) is 5.69 Å². The van der Waals surface area contributed by atoms with Gasteiger partial charge in [0.15, 0.2) is 0 Å². The van der Waals surface area contributed by atoms with Crippen molar-refractivity contribution in [1.82, 2.24) is 0 Å². The van der Waals surface area contributed by atoms with Gasteiger partial charge >= 0.3 is 51.4 Å². The van der Waals surface area contributed by atoms with Gasteiger partial charge in [-0.25, -0.2) is 0 Å². The monoisotopic (exact) mass is 193 g/mol. The first kappa shape index (κ1) is 14.5. The molecule has 0 amide bonds. The summed E-state index contributed by atoms with van der Waals surface area (Å²) in [4.78, 5) is 8.44. The Bertz CT molecular complexity index is 211. The molecular formula is C7H8KNO3. The molecule has 1 aromatic carbocycles. The zero-order valence-corrected chi connectivity index (χ0v) is 9.85. The van der Waals surface area contributed by atoms with E-state index >= 15 is 0 Å². The Balaban J connectivity index is 0. The van der Waals surface area contributed by atoms with Crippen molar-refractivity contribution in [1.29, 1.82) is 0 Å². The van der Waals surface area contributed by atoms with Crippen LogP contribution in [-0.2, 0) is 0 Å². The second-order valence-electron chi connectivity index (χ2n) is 1.68. The van der Waals surface area contributed by atoms with E-state index in [1.54, 1.807) is 0 Å². The fourth-order valence-corrected chi connectivity index (χ4v) is 0.453. The third-order valence-corrected chi connectivity index (χ3v) is 0.800. The molecular weight excluding hydrogens is 185 g/mol. The topological polar surface area (TPSA) is 86.4 Å². The third kappa shape index (κ3) is 12.6. The molecule has 0 spiro atoms. The molecule has 4 nitrogen and oxygen atoms in total. The summed E-state index contributed by atoms with van der Waals surface area (Å²) in [5.41, 5.74) is 6.18. The zero-order chi connectivity index (χ0) is 8.69. The van der Waals surface area contributed by atoms with Gasteiger partial charge < -0.3 is 20.7 Å². The Morgan fingerprint density at radius 1 is 1.33 bits per heavy atom. The number of anilines is 1. The molecule has 5 heteroatoms. The average molecular weight is 193 g/mol. The van der Waals surface area contributed by atoms with E-state index in [-0.39, 0.29) is 51.4 Å². The number of carbonyl (C=O) groups is 1. The number of nitrogens with two attached hydrogens (primary N) is 1. The molecule has 1 rings (SSSR count). The number of carboxylic acid groups (broad SMARTS) is 2. The molecule has 0 aliphatic rings. The molecule has 0 fully saturated rings. The summed E-state index contributed by atoms with van der Waals surface area (Å²) in [6.45, 7) is 0. The van der Waals surface area contributed by atoms with Gasteiger partial charge in [0.2, 0.25) is 6.16 Å². The first-order chi connectivity index (χ1) is 5.13. The van der Waals surface area contributed by atoms with Gasteiger partial charge in [0, 0.05) is 5.69 Å². The fraction of sp³-hybridized carbons (Fsp3) is 0. The second kappa shape index (κ2) is 9.02. The molecule has 0 saturated heterocycles. The fourth-order valence-electron chi connectivity index (χ4n) is 0.453. The third-order valence-electron chi connectivity index (χ3n) is 0.800. The summed E-state index contributed by atoms with van der Waals surface area (Å²) in [5.74, 6) is 0. The van der Waals surface area contributed by atoms with E-state index in [9.17, 15) is 0 Å². The second-order valence-corrected chi connectivity index (χ2v) is 1.68. The predicted octanol–water partition coefficient (Wildman–Crippen LogP) is -2.84. The molecule has 3 N–H and O–H groups in total. The first-order valence-corrected chi connectivity index (χ1v) is 2.83. The SMILES string of the molecule is Nc1ccccc1.O=C([O-])O.[K+]. The van der Waals surface area contributed by atoms with Crippen molar-refractivity contribution >= 4 is 11.8 Å². The minimum Gasteiger partial charge on any atom is -0.565 e. The molecule has 0 saturated carbocycles. The van der Waals surface area contributed by atoms with Crippen molar-refractivity contribution < 1.29 is 66.4 Å². The van der Waals surface area contributed by atoms with Gasteiger partial charge in [-0.3, -0.25) is 0 Å². The molecule has 0 heterocycles. The van der Waals surface area contributed by atoms with E-state index in [2.05, 4.69) is 0 Å². The molecule has 0 aromatic heterocycles. The Kier molecular flexibility index (Phi) is 10.9. The predicted molar refractivity (Wildman–Crippen MR) is 38.9 cm³/mol. The van der Waals surface area contributed by atoms with E-state index in [4.69, 9.17) is 20.7 Å². The summed E-state index contributed by atoms with van der Waals surface area (Å²) in [5, 5.41) is 15.3. The van der Waals surface area contributed by atoms with Crippen LogP contribution in [0.5, 0.6) is 0 Å². The van der Waals surface area contributed by atoms with Crippen molar-refractivity contribution in [2.75, 3.05) is 5.73 Å². The van der Waals surface area contributed by atoms with E-state index in [0.29, 0.717) is 0 Å². The molecule has 0 aliphatic heterocycles. The molecule has 0 unspecified atom stereocenters. The molecule has 0 bridgehead atoms. The smallest absolute Gasteiger partial charge is 0.565 e. The van der Waals surface area contributed by atoms with Crippen LogP contribution in [0, 0.1) is 0 Å². The maximum Gasteiger partial charge on any atom is 1.00 e. The van der Waals surface area contributed by atoms with Crippen LogP contribution in [0.2, 0.25) is 0 Å². The van der Waals surface area contributed by atoms with Crippen LogP contribution < -0.4 is 62.2 Å².